The van der Waals surface area contributed by atoms with Crippen LogP contribution in [0.3, 0.4) is 0 Å². The maximum atomic E-state index is 11.8. The van der Waals surface area contributed by atoms with Crippen LogP contribution >= 0.6 is 23.4 Å². The number of aromatic nitrogens is 1. The number of pyridine rings is 1. The topological polar surface area (TPSA) is 30.0 Å². The molecule has 0 aliphatic carbocycles. The van der Waals surface area contributed by atoms with Crippen LogP contribution < -0.4 is 0 Å². The lowest BCUT2D eigenvalue weighted by molar-refractivity contribution is -0.116. The summed E-state index contributed by atoms with van der Waals surface area (Å²) >= 11 is 7.18. The Bertz CT molecular complexity index is 513. The first-order valence-corrected chi connectivity index (χ1v) is 6.90. The molecule has 1 heterocycles. The molecule has 0 bridgehead atoms. The number of benzene rings is 1. The average molecular weight is 278 g/mol. The Morgan fingerprint density at radius 3 is 2.61 bits per heavy atom. The zero-order valence-corrected chi connectivity index (χ0v) is 11.2. The van der Waals surface area contributed by atoms with E-state index in [1.54, 1.807) is 12.3 Å². The van der Waals surface area contributed by atoms with Crippen LogP contribution in [0.25, 0.3) is 0 Å². The van der Waals surface area contributed by atoms with Crippen LogP contribution in [-0.4, -0.2) is 16.5 Å². The molecule has 2 nitrogen and oxygen atoms in total. The molecule has 0 saturated heterocycles. The summed E-state index contributed by atoms with van der Waals surface area (Å²) in [5.41, 5.74) is 1.05. The van der Waals surface area contributed by atoms with E-state index in [0.29, 0.717) is 17.2 Å². The summed E-state index contributed by atoms with van der Waals surface area (Å²) in [7, 11) is 0. The lowest BCUT2D eigenvalue weighted by Gasteiger charge is -2.01. The summed E-state index contributed by atoms with van der Waals surface area (Å²) in [4.78, 5) is 15.9. The Hall–Kier alpha value is -1.32. The van der Waals surface area contributed by atoms with Crippen molar-refractivity contribution < 1.29 is 4.79 Å². The number of rotatable bonds is 5. The second kappa shape index (κ2) is 6.57. The van der Waals surface area contributed by atoms with Gasteiger partial charge < -0.3 is 0 Å². The SMILES string of the molecule is O=C(CSc1ccc(Cl)cn1)Cc1ccccc1. The molecule has 4 heteroatoms. The number of carbonyl (C=O) groups is 1. The fourth-order valence-electron chi connectivity index (χ4n) is 1.48. The summed E-state index contributed by atoms with van der Waals surface area (Å²) < 4.78 is 0. The number of hydrogen-bond donors (Lipinski definition) is 0. The third-order valence-electron chi connectivity index (χ3n) is 2.33. The van der Waals surface area contributed by atoms with Crippen molar-refractivity contribution >= 4 is 29.1 Å². The molecule has 2 rings (SSSR count). The number of hydrogen-bond acceptors (Lipinski definition) is 3. The first kappa shape index (κ1) is 13.1. The van der Waals surface area contributed by atoms with Crippen molar-refractivity contribution in [3.05, 3.63) is 59.2 Å². The summed E-state index contributed by atoms with van der Waals surface area (Å²) in [5.74, 6) is 0.631. The van der Waals surface area contributed by atoms with Gasteiger partial charge >= 0.3 is 0 Å². The first-order valence-electron chi connectivity index (χ1n) is 5.54. The van der Waals surface area contributed by atoms with Gasteiger partial charge in [0.1, 0.15) is 5.78 Å². The number of Topliss-reactive ketones (excluding diaryl/α,β-unsaturated/α-hetero) is 1. The second-order valence-electron chi connectivity index (χ2n) is 3.80. The van der Waals surface area contributed by atoms with E-state index in [2.05, 4.69) is 4.98 Å². The molecule has 0 saturated carbocycles. The first-order chi connectivity index (χ1) is 8.74. The van der Waals surface area contributed by atoms with Gasteiger partial charge in [-0.1, -0.05) is 53.7 Å². The van der Waals surface area contributed by atoms with Crippen LogP contribution in [0.1, 0.15) is 5.56 Å². The Morgan fingerprint density at radius 2 is 1.94 bits per heavy atom. The van der Waals surface area contributed by atoms with Crippen molar-refractivity contribution in [3.8, 4) is 0 Å². The van der Waals surface area contributed by atoms with E-state index in [-0.39, 0.29) is 5.78 Å². The van der Waals surface area contributed by atoms with Gasteiger partial charge in [-0.15, -0.1) is 0 Å². The van der Waals surface area contributed by atoms with Crippen LogP contribution in [0.15, 0.2) is 53.7 Å². The Labute approximate surface area is 115 Å². The van der Waals surface area contributed by atoms with Gasteiger partial charge in [-0.25, -0.2) is 4.98 Å². The van der Waals surface area contributed by atoms with Gasteiger partial charge in [0.15, 0.2) is 0 Å². The Morgan fingerprint density at radius 1 is 1.17 bits per heavy atom. The summed E-state index contributed by atoms with van der Waals surface area (Å²) in [6, 6.07) is 13.3. The van der Waals surface area contributed by atoms with Gasteiger partial charge in [-0.3, -0.25) is 4.79 Å². The zero-order chi connectivity index (χ0) is 12.8. The number of carbonyl (C=O) groups excluding carboxylic acids is 1. The third-order valence-corrected chi connectivity index (χ3v) is 3.55. The van der Waals surface area contributed by atoms with Gasteiger partial charge in [-0.2, -0.15) is 0 Å². The number of nitrogens with zero attached hydrogens (tertiary/aromatic N) is 1. The van der Waals surface area contributed by atoms with Crippen molar-refractivity contribution in [2.75, 3.05) is 5.75 Å². The molecule has 0 atom stereocenters. The van der Waals surface area contributed by atoms with E-state index in [0.717, 1.165) is 10.6 Å². The molecule has 0 aliphatic rings. The fraction of sp³-hybridized carbons (Fsp3) is 0.143. The van der Waals surface area contributed by atoms with Crippen LogP contribution in [0, 0.1) is 0 Å². The standard InChI is InChI=1S/C14H12ClNOS/c15-12-6-7-14(16-9-12)18-10-13(17)8-11-4-2-1-3-5-11/h1-7,9H,8,10H2. The van der Waals surface area contributed by atoms with Crippen molar-refractivity contribution in [3.63, 3.8) is 0 Å². The molecular weight excluding hydrogens is 266 g/mol. The predicted octanol–water partition coefficient (Wildman–Crippen LogP) is 3.64. The number of thioether (sulfide) groups is 1. The largest absolute Gasteiger partial charge is 0.298 e. The highest BCUT2D eigenvalue weighted by atomic mass is 35.5. The molecule has 0 amide bonds. The second-order valence-corrected chi connectivity index (χ2v) is 5.24. The quantitative estimate of drug-likeness (QED) is 0.782. The smallest absolute Gasteiger partial charge is 0.147 e. The van der Waals surface area contributed by atoms with Crippen molar-refractivity contribution in [2.24, 2.45) is 0 Å². The highest BCUT2D eigenvalue weighted by Crippen LogP contribution is 2.17. The van der Waals surface area contributed by atoms with Crippen molar-refractivity contribution in [1.82, 2.24) is 4.98 Å². The van der Waals surface area contributed by atoms with E-state index in [9.17, 15) is 4.79 Å². The highest BCUT2D eigenvalue weighted by Gasteiger charge is 2.05. The lowest BCUT2D eigenvalue weighted by Crippen LogP contribution is -2.05. The van der Waals surface area contributed by atoms with Crippen LogP contribution in [-0.2, 0) is 11.2 Å². The zero-order valence-electron chi connectivity index (χ0n) is 9.67. The van der Waals surface area contributed by atoms with Crippen molar-refractivity contribution in [1.29, 1.82) is 0 Å². The maximum Gasteiger partial charge on any atom is 0.147 e. The summed E-state index contributed by atoms with van der Waals surface area (Å²) in [6.07, 6.45) is 2.06. The molecule has 18 heavy (non-hydrogen) atoms. The minimum absolute atomic E-state index is 0.197. The minimum atomic E-state index is 0.197. The molecule has 2 aromatic rings. The summed E-state index contributed by atoms with van der Waals surface area (Å²) in [6.45, 7) is 0. The van der Waals surface area contributed by atoms with E-state index in [1.165, 1.54) is 11.8 Å². The van der Waals surface area contributed by atoms with Crippen LogP contribution in [0.5, 0.6) is 0 Å². The van der Waals surface area contributed by atoms with Crippen LogP contribution in [0.4, 0.5) is 0 Å². The van der Waals surface area contributed by atoms with E-state index >= 15 is 0 Å². The summed E-state index contributed by atoms with van der Waals surface area (Å²) in [5, 5.41) is 1.43. The molecule has 1 aromatic heterocycles. The molecule has 0 unspecified atom stereocenters. The van der Waals surface area contributed by atoms with Gasteiger partial charge in [0.05, 0.1) is 15.8 Å². The Kier molecular flexibility index (Phi) is 4.79. The fourth-order valence-corrected chi connectivity index (χ4v) is 2.29. The monoisotopic (exact) mass is 277 g/mol. The van der Waals surface area contributed by atoms with E-state index in [1.807, 2.05) is 36.4 Å². The van der Waals surface area contributed by atoms with E-state index in [4.69, 9.17) is 11.6 Å². The number of ketones is 1. The minimum Gasteiger partial charge on any atom is -0.298 e. The van der Waals surface area contributed by atoms with Gasteiger partial charge in [-0.05, 0) is 17.7 Å². The highest BCUT2D eigenvalue weighted by molar-refractivity contribution is 7.99. The Balaban J connectivity index is 1.83. The molecule has 92 valence electrons. The number of halogens is 1. The molecule has 0 N–H and O–H groups in total. The molecule has 0 fully saturated rings. The maximum absolute atomic E-state index is 11.8. The average Bonchev–Trinajstić information content (AvgIpc) is 2.39. The predicted molar refractivity (Wildman–Crippen MR) is 75.1 cm³/mol. The van der Waals surface area contributed by atoms with Crippen molar-refractivity contribution in [2.45, 2.75) is 11.4 Å². The lowest BCUT2D eigenvalue weighted by atomic mass is 10.1. The van der Waals surface area contributed by atoms with E-state index < -0.39 is 0 Å². The van der Waals surface area contributed by atoms with Gasteiger partial charge in [0, 0.05) is 12.6 Å². The molecule has 0 spiro atoms. The molecule has 0 radical (unpaired) electrons. The molecular formula is C14H12ClNOS. The van der Waals surface area contributed by atoms with Gasteiger partial charge in [0.25, 0.3) is 0 Å². The molecule has 0 aliphatic heterocycles. The van der Waals surface area contributed by atoms with Gasteiger partial charge in [0.2, 0.25) is 0 Å². The third kappa shape index (κ3) is 4.17. The van der Waals surface area contributed by atoms with Crippen LogP contribution in [0.2, 0.25) is 5.02 Å². The normalized spacial score (nSPS) is 10.3. The molecule has 1 aromatic carbocycles.